The average Bonchev–Trinajstić information content (AvgIpc) is 3.13. The van der Waals surface area contributed by atoms with Crippen molar-refractivity contribution in [3.05, 3.63) is 64.4 Å². The fourth-order valence-corrected chi connectivity index (χ4v) is 6.04. The number of fused-ring (bicyclic) bond motifs is 2. The van der Waals surface area contributed by atoms with E-state index >= 15 is 0 Å². The van der Waals surface area contributed by atoms with Crippen LogP contribution in [-0.2, 0) is 11.8 Å². The van der Waals surface area contributed by atoms with E-state index < -0.39 is 0 Å². The van der Waals surface area contributed by atoms with Gasteiger partial charge < -0.3 is 5.32 Å². The number of hydrogen-bond donors (Lipinski definition) is 1. The summed E-state index contributed by atoms with van der Waals surface area (Å²) in [5.41, 5.74) is 4.32. The topological polar surface area (TPSA) is 39.0 Å². The van der Waals surface area contributed by atoms with Gasteiger partial charge in [0.25, 0.3) is 0 Å². The molecule has 1 spiro atoms. The number of benzene rings is 1. The molecule has 1 radical (unpaired) electrons. The van der Waals surface area contributed by atoms with Gasteiger partial charge in [-0.05, 0) is 61.1 Å². The molecule has 0 amide bonds. The normalized spacial score (nSPS) is 33.1. The Morgan fingerprint density at radius 1 is 1.11 bits per heavy atom. The summed E-state index contributed by atoms with van der Waals surface area (Å²) in [6, 6.07) is 15.7. The summed E-state index contributed by atoms with van der Waals surface area (Å²) in [6.45, 7) is 3.11. The maximum Gasteiger partial charge on any atom is 0.129 e. The van der Waals surface area contributed by atoms with Crippen LogP contribution in [0.1, 0.15) is 48.4 Å². The minimum Gasteiger partial charge on any atom is -0.315 e. The van der Waals surface area contributed by atoms with E-state index in [0.717, 1.165) is 26.1 Å². The minimum atomic E-state index is 0.178. The summed E-state index contributed by atoms with van der Waals surface area (Å²) >= 11 is 6.20. The summed E-state index contributed by atoms with van der Waals surface area (Å²) in [7, 11) is 0. The molecule has 141 valence electrons. The van der Waals surface area contributed by atoms with Gasteiger partial charge in [-0.15, -0.1) is 0 Å². The van der Waals surface area contributed by atoms with Crippen molar-refractivity contribution in [1.29, 1.82) is 0 Å². The molecule has 1 aliphatic carbocycles. The largest absolute Gasteiger partial charge is 0.315 e. The van der Waals surface area contributed by atoms with Crippen molar-refractivity contribution < 1.29 is 0 Å². The lowest BCUT2D eigenvalue weighted by Crippen LogP contribution is -2.49. The van der Waals surface area contributed by atoms with E-state index in [1.807, 2.05) is 6.07 Å². The fraction of sp³-hybridized carbons (Fsp3) is 0.522. The van der Waals surface area contributed by atoms with Gasteiger partial charge in [-0.1, -0.05) is 48.0 Å². The van der Waals surface area contributed by atoms with Crippen LogP contribution in [0.3, 0.4) is 0 Å². The molecular weight excluding hydrogens is 354 g/mol. The molecule has 0 bridgehead atoms. The van der Waals surface area contributed by atoms with E-state index in [4.69, 9.17) is 16.9 Å². The van der Waals surface area contributed by atoms with Crippen molar-refractivity contribution in [2.24, 2.45) is 5.92 Å². The maximum absolute atomic E-state index is 6.20. The third-order valence-corrected chi connectivity index (χ3v) is 7.34. The molecule has 3 heterocycles. The van der Waals surface area contributed by atoms with E-state index in [2.05, 4.69) is 46.7 Å². The van der Waals surface area contributed by atoms with Gasteiger partial charge >= 0.3 is 0 Å². The molecule has 1 N–H and O–H groups in total. The van der Waals surface area contributed by atoms with Crippen LogP contribution in [0, 0.1) is 5.92 Å². The van der Waals surface area contributed by atoms with Gasteiger partial charge in [0, 0.05) is 36.8 Å². The summed E-state index contributed by atoms with van der Waals surface area (Å²) in [6.07, 6.45) is 5.85. The van der Waals surface area contributed by atoms with Gasteiger partial charge in [0.1, 0.15) is 5.15 Å². The van der Waals surface area contributed by atoms with Crippen molar-refractivity contribution in [1.82, 2.24) is 15.6 Å². The first-order valence-electron chi connectivity index (χ1n) is 10.3. The Morgan fingerprint density at radius 3 is 2.89 bits per heavy atom. The van der Waals surface area contributed by atoms with Gasteiger partial charge in [0.2, 0.25) is 0 Å². The van der Waals surface area contributed by atoms with Crippen LogP contribution in [0.15, 0.2) is 42.5 Å². The molecule has 2 fully saturated rings. The number of aromatic nitrogens is 1. The first-order valence-corrected chi connectivity index (χ1v) is 10.7. The fourth-order valence-electron chi connectivity index (χ4n) is 5.87. The Balaban J connectivity index is 1.45. The second kappa shape index (κ2) is 7.20. The molecular formula is C23H27ClN3. The highest BCUT2D eigenvalue weighted by molar-refractivity contribution is 6.29. The number of rotatable bonds is 2. The van der Waals surface area contributed by atoms with Crippen molar-refractivity contribution in [2.45, 2.75) is 49.5 Å². The average molecular weight is 381 g/mol. The number of hydrogen-bond acceptors (Lipinski definition) is 2. The van der Waals surface area contributed by atoms with Crippen LogP contribution in [0.5, 0.6) is 0 Å². The summed E-state index contributed by atoms with van der Waals surface area (Å²) < 4.78 is 0. The van der Waals surface area contributed by atoms with Crippen LogP contribution in [0.25, 0.3) is 0 Å². The van der Waals surface area contributed by atoms with Crippen LogP contribution in [0.4, 0.5) is 0 Å². The molecule has 1 aromatic heterocycles. The Labute approximate surface area is 166 Å². The Morgan fingerprint density at radius 2 is 2.00 bits per heavy atom. The molecule has 1 aromatic carbocycles. The van der Waals surface area contributed by atoms with Crippen molar-refractivity contribution >= 4 is 11.6 Å². The number of pyridine rings is 1. The lowest BCUT2D eigenvalue weighted by molar-refractivity contribution is 0.191. The third-order valence-electron chi connectivity index (χ3n) is 7.13. The van der Waals surface area contributed by atoms with E-state index in [9.17, 15) is 0 Å². The monoisotopic (exact) mass is 380 g/mol. The number of piperidine rings is 1. The number of halogens is 1. The molecule has 3 nitrogen and oxygen atoms in total. The second-order valence-electron chi connectivity index (χ2n) is 8.48. The Kier molecular flexibility index (Phi) is 4.71. The molecule has 4 heteroatoms. The number of nitrogens with one attached hydrogen (secondary N) is 1. The van der Waals surface area contributed by atoms with Gasteiger partial charge in [-0.25, -0.2) is 10.3 Å². The Hall–Kier alpha value is -1.42. The van der Waals surface area contributed by atoms with E-state index in [0.29, 0.717) is 23.0 Å². The zero-order valence-electron chi connectivity index (χ0n) is 15.7. The third kappa shape index (κ3) is 3.10. The highest BCUT2D eigenvalue weighted by atomic mass is 35.5. The van der Waals surface area contributed by atoms with Gasteiger partial charge in [0.05, 0.1) is 0 Å². The molecule has 3 aliphatic rings. The molecule has 2 aromatic rings. The highest BCUT2D eigenvalue weighted by Gasteiger charge is 2.50. The predicted octanol–water partition coefficient (Wildman–Crippen LogP) is 4.08. The van der Waals surface area contributed by atoms with Crippen molar-refractivity contribution in [3.8, 4) is 0 Å². The van der Waals surface area contributed by atoms with Gasteiger partial charge in [-0.3, -0.25) is 0 Å². The molecule has 2 saturated heterocycles. The zero-order valence-corrected chi connectivity index (χ0v) is 16.5. The molecule has 27 heavy (non-hydrogen) atoms. The van der Waals surface area contributed by atoms with Gasteiger partial charge in [0.15, 0.2) is 0 Å². The van der Waals surface area contributed by atoms with E-state index in [1.165, 1.54) is 42.5 Å². The van der Waals surface area contributed by atoms with Gasteiger partial charge in [-0.2, -0.15) is 0 Å². The Bertz CT molecular complexity index is 809. The predicted molar refractivity (Wildman–Crippen MR) is 109 cm³/mol. The van der Waals surface area contributed by atoms with Crippen LogP contribution in [0.2, 0.25) is 5.15 Å². The summed E-state index contributed by atoms with van der Waals surface area (Å²) in [5.74, 6) is 1.20. The molecule has 0 saturated carbocycles. The van der Waals surface area contributed by atoms with E-state index in [1.54, 1.807) is 0 Å². The second-order valence-corrected chi connectivity index (χ2v) is 8.87. The molecule has 5 rings (SSSR count). The minimum absolute atomic E-state index is 0.178. The number of nitrogens with zero attached hydrogens (tertiary/aromatic N) is 2. The smallest absolute Gasteiger partial charge is 0.129 e. The van der Waals surface area contributed by atoms with Crippen LogP contribution in [-0.4, -0.2) is 30.7 Å². The quantitative estimate of drug-likeness (QED) is 0.797. The van der Waals surface area contributed by atoms with Crippen LogP contribution < -0.4 is 10.6 Å². The van der Waals surface area contributed by atoms with Crippen molar-refractivity contribution in [2.75, 3.05) is 19.6 Å². The highest BCUT2D eigenvalue weighted by Crippen LogP contribution is 2.48. The first-order chi connectivity index (χ1) is 13.3. The van der Waals surface area contributed by atoms with Crippen molar-refractivity contribution in [3.63, 3.8) is 0 Å². The van der Waals surface area contributed by atoms with E-state index in [-0.39, 0.29) is 5.41 Å². The lowest BCUT2D eigenvalue weighted by atomic mass is 9.62. The lowest BCUT2D eigenvalue weighted by Gasteiger charge is -2.44. The molecule has 2 aliphatic heterocycles. The van der Waals surface area contributed by atoms with Crippen LogP contribution >= 0.6 is 11.6 Å². The zero-order chi connectivity index (χ0) is 18.3. The maximum atomic E-state index is 6.20. The number of aryl methyl sites for hydroxylation is 1. The molecule has 2 unspecified atom stereocenters. The summed E-state index contributed by atoms with van der Waals surface area (Å²) in [5, 5.41) is 9.49. The first kappa shape index (κ1) is 17.7. The summed E-state index contributed by atoms with van der Waals surface area (Å²) in [4.78, 5) is 4.68. The SMILES string of the molecule is Clc1ccc2c(n1)CCC[C@]21CNC[C@H]1C1CC(c2ccccc2)CC[N]1. The molecule has 4 atom stereocenters. The standard InChI is InChI=1S/C23H27ClN3/c24-22-9-8-18-20(27-22)7-4-11-23(18)15-25-14-19(23)21-13-17(10-12-26-21)16-5-2-1-3-6-16/h1-3,5-6,8-9,17,19,21,25H,4,7,10-15H2/t17?,19-,21?,23-/m0/s1.